The smallest absolute Gasteiger partial charge is 0.243 e. The highest BCUT2D eigenvalue weighted by atomic mass is 32.2. The largest absolute Gasteiger partial charge is 0.396 e. The second-order valence-corrected chi connectivity index (χ2v) is 5.40. The first-order valence-electron chi connectivity index (χ1n) is 5.38. The molecular formula is C11H16FNO4S. The number of methoxy groups -OCH3 is 1. The number of benzene rings is 1. The number of rotatable bonds is 7. The Morgan fingerprint density at radius 3 is 2.67 bits per heavy atom. The van der Waals surface area contributed by atoms with Crippen molar-refractivity contribution in [2.45, 2.75) is 17.4 Å². The van der Waals surface area contributed by atoms with Crippen LogP contribution in [0.2, 0.25) is 0 Å². The summed E-state index contributed by atoms with van der Waals surface area (Å²) in [6.45, 7) is -0.0813. The van der Waals surface area contributed by atoms with E-state index in [1.54, 1.807) is 0 Å². The molecule has 0 amide bonds. The molecule has 0 bridgehead atoms. The predicted molar refractivity (Wildman–Crippen MR) is 64.1 cm³/mol. The molecule has 0 radical (unpaired) electrons. The highest BCUT2D eigenvalue weighted by molar-refractivity contribution is 7.89. The van der Waals surface area contributed by atoms with Gasteiger partial charge in [-0.25, -0.2) is 17.5 Å². The van der Waals surface area contributed by atoms with E-state index in [4.69, 9.17) is 9.84 Å². The van der Waals surface area contributed by atoms with Gasteiger partial charge in [-0.2, -0.15) is 0 Å². The van der Waals surface area contributed by atoms with E-state index < -0.39 is 26.8 Å². The maximum absolute atomic E-state index is 13.4. The van der Waals surface area contributed by atoms with Crippen molar-refractivity contribution in [3.63, 3.8) is 0 Å². The van der Waals surface area contributed by atoms with Gasteiger partial charge in [-0.15, -0.1) is 0 Å². The molecule has 0 fully saturated rings. The van der Waals surface area contributed by atoms with E-state index in [1.807, 2.05) is 0 Å². The molecule has 2 N–H and O–H groups in total. The molecule has 0 aromatic heterocycles. The first-order chi connectivity index (χ1) is 8.51. The number of nitrogens with one attached hydrogen (secondary N) is 1. The quantitative estimate of drug-likeness (QED) is 0.761. The Morgan fingerprint density at radius 1 is 1.44 bits per heavy atom. The fraction of sp³-hybridized carbons (Fsp3) is 0.455. The number of ether oxygens (including phenoxy) is 1. The van der Waals surface area contributed by atoms with Gasteiger partial charge in [-0.05, 0) is 18.6 Å². The van der Waals surface area contributed by atoms with Gasteiger partial charge in [0.05, 0.1) is 6.61 Å². The molecule has 0 aliphatic rings. The van der Waals surface area contributed by atoms with Gasteiger partial charge in [0, 0.05) is 19.8 Å². The van der Waals surface area contributed by atoms with Crippen molar-refractivity contribution in [3.05, 3.63) is 30.1 Å². The molecule has 0 saturated heterocycles. The highest BCUT2D eigenvalue weighted by Crippen LogP contribution is 2.14. The first kappa shape index (κ1) is 15.0. The summed E-state index contributed by atoms with van der Waals surface area (Å²) < 4.78 is 44.4. The lowest BCUT2D eigenvalue weighted by Gasteiger charge is -2.17. The monoisotopic (exact) mass is 277 g/mol. The van der Waals surface area contributed by atoms with Crippen molar-refractivity contribution in [2.75, 3.05) is 20.3 Å². The van der Waals surface area contributed by atoms with Crippen LogP contribution in [0, 0.1) is 5.82 Å². The van der Waals surface area contributed by atoms with Crippen LogP contribution in [0.15, 0.2) is 29.2 Å². The second kappa shape index (κ2) is 6.79. The van der Waals surface area contributed by atoms with E-state index in [-0.39, 0.29) is 19.6 Å². The summed E-state index contributed by atoms with van der Waals surface area (Å²) in [5.41, 5.74) is 0. The summed E-state index contributed by atoms with van der Waals surface area (Å²) in [5, 5.41) is 8.82. The van der Waals surface area contributed by atoms with E-state index in [0.29, 0.717) is 0 Å². The van der Waals surface area contributed by atoms with Crippen LogP contribution in [0.3, 0.4) is 0 Å². The lowest BCUT2D eigenvalue weighted by atomic mass is 10.2. The molecule has 1 unspecified atom stereocenters. The minimum atomic E-state index is -3.95. The van der Waals surface area contributed by atoms with Gasteiger partial charge in [-0.1, -0.05) is 12.1 Å². The number of hydrogen-bond donors (Lipinski definition) is 2. The Balaban J connectivity index is 2.90. The Morgan fingerprint density at radius 2 is 2.11 bits per heavy atom. The molecule has 1 atom stereocenters. The van der Waals surface area contributed by atoms with Crippen molar-refractivity contribution in [1.82, 2.24) is 4.72 Å². The molecule has 0 spiro atoms. The van der Waals surface area contributed by atoms with E-state index in [2.05, 4.69) is 4.72 Å². The molecule has 0 saturated carbocycles. The van der Waals surface area contributed by atoms with Gasteiger partial charge < -0.3 is 9.84 Å². The van der Waals surface area contributed by atoms with Gasteiger partial charge in [-0.3, -0.25) is 0 Å². The fourth-order valence-electron chi connectivity index (χ4n) is 1.48. The summed E-state index contributed by atoms with van der Waals surface area (Å²) in [4.78, 5) is -0.413. The molecule has 0 aliphatic heterocycles. The zero-order valence-corrected chi connectivity index (χ0v) is 10.8. The SMILES string of the molecule is COCC(CCO)NS(=O)(=O)c1ccccc1F. The number of aliphatic hydroxyl groups excluding tert-OH is 1. The summed E-state index contributed by atoms with van der Waals surface area (Å²) in [6, 6.07) is 4.51. The van der Waals surface area contributed by atoms with Crippen molar-refractivity contribution < 1.29 is 22.7 Å². The van der Waals surface area contributed by atoms with Crippen LogP contribution in [0.25, 0.3) is 0 Å². The molecule has 102 valence electrons. The van der Waals surface area contributed by atoms with Crippen molar-refractivity contribution >= 4 is 10.0 Å². The molecular weight excluding hydrogens is 261 g/mol. The van der Waals surface area contributed by atoms with Crippen LogP contribution >= 0.6 is 0 Å². The fourth-order valence-corrected chi connectivity index (χ4v) is 2.81. The summed E-state index contributed by atoms with van der Waals surface area (Å²) >= 11 is 0. The van der Waals surface area contributed by atoms with Crippen molar-refractivity contribution in [2.24, 2.45) is 0 Å². The molecule has 18 heavy (non-hydrogen) atoms. The molecule has 1 aromatic rings. The molecule has 1 aromatic carbocycles. The van der Waals surface area contributed by atoms with Crippen LogP contribution in [0.1, 0.15) is 6.42 Å². The molecule has 0 aliphatic carbocycles. The molecule has 0 heterocycles. The maximum atomic E-state index is 13.4. The Bertz CT molecular complexity index is 472. The normalized spacial score (nSPS) is 13.5. The number of halogens is 1. The minimum absolute atomic E-state index is 0.105. The lowest BCUT2D eigenvalue weighted by Crippen LogP contribution is -2.38. The average Bonchev–Trinajstić information content (AvgIpc) is 2.29. The van der Waals surface area contributed by atoms with Gasteiger partial charge in [0.25, 0.3) is 0 Å². The minimum Gasteiger partial charge on any atom is -0.396 e. The third kappa shape index (κ3) is 4.02. The summed E-state index contributed by atoms with van der Waals surface area (Å²) in [5.74, 6) is -0.815. The van der Waals surface area contributed by atoms with Crippen molar-refractivity contribution in [3.8, 4) is 0 Å². The first-order valence-corrected chi connectivity index (χ1v) is 6.86. The Hall–Kier alpha value is -1.02. The predicted octanol–water partition coefficient (Wildman–Crippen LogP) is 0.501. The van der Waals surface area contributed by atoms with Gasteiger partial charge in [0.2, 0.25) is 10.0 Å². The lowest BCUT2D eigenvalue weighted by molar-refractivity contribution is 0.158. The van der Waals surface area contributed by atoms with Crippen LogP contribution in [0.5, 0.6) is 0 Å². The van der Waals surface area contributed by atoms with Gasteiger partial charge in [0.1, 0.15) is 10.7 Å². The molecule has 1 rings (SSSR count). The second-order valence-electron chi connectivity index (χ2n) is 3.72. The van der Waals surface area contributed by atoms with E-state index >= 15 is 0 Å². The summed E-state index contributed by atoms with van der Waals surface area (Å²) in [7, 11) is -2.53. The zero-order valence-electron chi connectivity index (χ0n) is 9.97. The highest BCUT2D eigenvalue weighted by Gasteiger charge is 2.22. The Labute approximate surface area is 106 Å². The van der Waals surface area contributed by atoms with E-state index in [1.165, 1.54) is 25.3 Å². The number of aliphatic hydroxyl groups is 1. The van der Waals surface area contributed by atoms with E-state index in [0.717, 1.165) is 6.07 Å². The maximum Gasteiger partial charge on any atom is 0.243 e. The van der Waals surface area contributed by atoms with Crippen LogP contribution < -0.4 is 4.72 Å². The van der Waals surface area contributed by atoms with Crippen LogP contribution in [-0.2, 0) is 14.8 Å². The summed E-state index contributed by atoms with van der Waals surface area (Å²) in [6.07, 6.45) is 0.196. The standard InChI is InChI=1S/C11H16FNO4S/c1-17-8-9(6-7-14)13-18(15,16)11-5-3-2-4-10(11)12/h2-5,9,13-14H,6-8H2,1H3. The zero-order chi connectivity index (χ0) is 13.6. The number of hydrogen-bond acceptors (Lipinski definition) is 4. The van der Waals surface area contributed by atoms with E-state index in [9.17, 15) is 12.8 Å². The van der Waals surface area contributed by atoms with Crippen LogP contribution in [-0.4, -0.2) is 39.9 Å². The van der Waals surface area contributed by atoms with Gasteiger partial charge >= 0.3 is 0 Å². The average molecular weight is 277 g/mol. The van der Waals surface area contributed by atoms with Gasteiger partial charge in [0.15, 0.2) is 0 Å². The number of sulfonamides is 1. The third-order valence-electron chi connectivity index (χ3n) is 2.29. The van der Waals surface area contributed by atoms with Crippen molar-refractivity contribution in [1.29, 1.82) is 0 Å². The Kier molecular flexibility index (Phi) is 5.67. The molecule has 7 heteroatoms. The third-order valence-corrected chi connectivity index (χ3v) is 3.85. The topological polar surface area (TPSA) is 75.6 Å². The molecule has 5 nitrogen and oxygen atoms in total. The van der Waals surface area contributed by atoms with Crippen LogP contribution in [0.4, 0.5) is 4.39 Å².